The molecule has 0 aliphatic carbocycles. The van der Waals surface area contributed by atoms with Gasteiger partial charge in [-0.2, -0.15) is 4.31 Å². The van der Waals surface area contributed by atoms with Crippen molar-refractivity contribution in [2.24, 2.45) is 5.92 Å². The maximum Gasteiger partial charge on any atom is 0.261 e. The number of aromatic nitrogens is 1. The van der Waals surface area contributed by atoms with Crippen LogP contribution in [0.3, 0.4) is 0 Å². The average molecular weight is 497 g/mol. The quantitative estimate of drug-likeness (QED) is 0.441. The molecule has 2 aliphatic rings. The van der Waals surface area contributed by atoms with Gasteiger partial charge in [-0.1, -0.05) is 0 Å². The monoisotopic (exact) mass is 496 g/mol. The van der Waals surface area contributed by atoms with E-state index in [4.69, 9.17) is 4.74 Å². The summed E-state index contributed by atoms with van der Waals surface area (Å²) in [6.07, 6.45) is 4.80. The zero-order chi connectivity index (χ0) is 23.8. The molecule has 11 nitrogen and oxygen atoms in total. The van der Waals surface area contributed by atoms with E-state index in [0.717, 1.165) is 10.6 Å². The highest BCUT2D eigenvalue weighted by Crippen LogP contribution is 2.40. The lowest BCUT2D eigenvalue weighted by Crippen LogP contribution is -2.54. The van der Waals surface area contributed by atoms with Gasteiger partial charge < -0.3 is 4.74 Å². The van der Waals surface area contributed by atoms with Crippen LogP contribution in [0, 0.1) is 5.92 Å². The average Bonchev–Trinajstić information content (AvgIpc) is 3.19. The minimum atomic E-state index is -4.20. The first-order chi connectivity index (χ1) is 15.6. The molecule has 0 spiro atoms. The third-order valence-electron chi connectivity index (χ3n) is 6.01. The number of hydroxylamine groups is 1. The smallest absolute Gasteiger partial charge is 0.261 e. The van der Waals surface area contributed by atoms with Crippen LogP contribution in [0.1, 0.15) is 12.8 Å². The van der Waals surface area contributed by atoms with E-state index < -0.39 is 38.0 Å². The number of sulfonamides is 2. The zero-order valence-corrected chi connectivity index (χ0v) is 19.4. The first kappa shape index (κ1) is 23.6. The number of piperidine rings is 1. The summed E-state index contributed by atoms with van der Waals surface area (Å²) in [4.78, 5) is 16.2. The minimum absolute atomic E-state index is 0.0544. The first-order valence-electron chi connectivity index (χ1n) is 10.2. The Bertz CT molecular complexity index is 1220. The van der Waals surface area contributed by atoms with Crippen molar-refractivity contribution in [3.63, 3.8) is 0 Å². The van der Waals surface area contributed by atoms with Crippen molar-refractivity contribution in [1.29, 1.82) is 0 Å². The number of carbonyl (C=O) groups is 1. The summed E-state index contributed by atoms with van der Waals surface area (Å²) >= 11 is 0. The predicted molar refractivity (Wildman–Crippen MR) is 116 cm³/mol. The molecule has 0 radical (unpaired) electrons. The number of fused-ring (bicyclic) bond motifs is 1. The van der Waals surface area contributed by atoms with Crippen LogP contribution in [0.2, 0.25) is 0 Å². The zero-order valence-electron chi connectivity index (χ0n) is 17.7. The van der Waals surface area contributed by atoms with Crippen molar-refractivity contribution in [3.05, 3.63) is 48.8 Å². The normalized spacial score (nSPS) is 24.2. The Morgan fingerprint density at radius 2 is 1.73 bits per heavy atom. The van der Waals surface area contributed by atoms with Crippen LogP contribution in [0.4, 0.5) is 0 Å². The molecule has 178 valence electrons. The third-order valence-corrected chi connectivity index (χ3v) is 9.23. The fraction of sp³-hybridized carbons (Fsp3) is 0.400. The summed E-state index contributed by atoms with van der Waals surface area (Å²) in [5.74, 6) is -0.123. The number of ether oxygens (including phenoxy) is 1. The summed E-state index contributed by atoms with van der Waals surface area (Å²) in [6.45, 7) is 0.198. The van der Waals surface area contributed by atoms with Crippen LogP contribution in [-0.4, -0.2) is 73.0 Å². The highest BCUT2D eigenvalue weighted by atomic mass is 32.2. The standard InChI is InChI=1S/C20H24N4O7S2/c1-32(27,28)23-11-8-14-12-18(20(25)22-26)24(19(14)13-23)33(29,30)17-4-2-15(3-5-17)31-16-6-9-21-10-7-16/h2-7,9-10,14,18-19,26H,8,11-13H2,1H3,(H,22,25). The third kappa shape index (κ3) is 4.73. The number of nitrogens with zero attached hydrogens (tertiary/aromatic N) is 3. The number of benzene rings is 1. The largest absolute Gasteiger partial charge is 0.457 e. The van der Waals surface area contributed by atoms with E-state index in [-0.39, 0.29) is 30.3 Å². The summed E-state index contributed by atoms with van der Waals surface area (Å²) in [5.41, 5.74) is 1.55. The Balaban J connectivity index is 1.65. The fourth-order valence-electron chi connectivity index (χ4n) is 4.42. The van der Waals surface area contributed by atoms with Crippen molar-refractivity contribution in [2.75, 3.05) is 19.3 Å². The van der Waals surface area contributed by atoms with Crippen molar-refractivity contribution in [2.45, 2.75) is 29.8 Å². The lowest BCUT2D eigenvalue weighted by Gasteiger charge is -2.37. The topological polar surface area (TPSA) is 146 Å². The van der Waals surface area contributed by atoms with Gasteiger partial charge in [-0.05, 0) is 55.2 Å². The van der Waals surface area contributed by atoms with Gasteiger partial charge >= 0.3 is 0 Å². The van der Waals surface area contributed by atoms with Gasteiger partial charge in [0.1, 0.15) is 17.5 Å². The van der Waals surface area contributed by atoms with E-state index in [9.17, 15) is 26.8 Å². The molecule has 2 fully saturated rings. The second-order valence-electron chi connectivity index (χ2n) is 8.06. The molecule has 33 heavy (non-hydrogen) atoms. The number of amides is 1. The number of hydrogen-bond donors (Lipinski definition) is 2. The van der Waals surface area contributed by atoms with Gasteiger partial charge in [-0.15, -0.1) is 0 Å². The van der Waals surface area contributed by atoms with Crippen LogP contribution >= 0.6 is 0 Å². The molecule has 2 aliphatic heterocycles. The van der Waals surface area contributed by atoms with Crippen molar-refractivity contribution in [1.82, 2.24) is 19.1 Å². The summed E-state index contributed by atoms with van der Waals surface area (Å²) in [6, 6.07) is 7.15. The molecule has 3 atom stereocenters. The van der Waals surface area contributed by atoms with Gasteiger partial charge in [-0.3, -0.25) is 15.0 Å². The number of carbonyl (C=O) groups excluding carboxylic acids is 1. The van der Waals surface area contributed by atoms with E-state index in [1.54, 1.807) is 30.0 Å². The Hall–Kier alpha value is -2.58. The van der Waals surface area contributed by atoms with E-state index in [1.165, 1.54) is 28.6 Å². The van der Waals surface area contributed by atoms with E-state index in [2.05, 4.69) is 4.98 Å². The molecular formula is C20H24N4O7S2. The Morgan fingerprint density at radius 1 is 1.09 bits per heavy atom. The molecule has 0 bridgehead atoms. The van der Waals surface area contributed by atoms with Gasteiger partial charge in [0.25, 0.3) is 5.91 Å². The fourth-order valence-corrected chi connectivity index (χ4v) is 7.12. The van der Waals surface area contributed by atoms with E-state index >= 15 is 0 Å². The van der Waals surface area contributed by atoms with Crippen molar-refractivity contribution < 1.29 is 31.6 Å². The maximum atomic E-state index is 13.6. The Kier molecular flexibility index (Phi) is 6.42. The van der Waals surface area contributed by atoms with E-state index in [1.807, 2.05) is 0 Å². The maximum absolute atomic E-state index is 13.6. The van der Waals surface area contributed by atoms with Gasteiger partial charge in [0.2, 0.25) is 20.0 Å². The molecule has 2 N–H and O–H groups in total. The summed E-state index contributed by atoms with van der Waals surface area (Å²) < 4.78 is 59.3. The Morgan fingerprint density at radius 3 is 2.33 bits per heavy atom. The lowest BCUT2D eigenvalue weighted by atomic mass is 9.92. The van der Waals surface area contributed by atoms with Gasteiger partial charge in [-0.25, -0.2) is 26.6 Å². The van der Waals surface area contributed by atoms with Crippen LogP contribution in [0.5, 0.6) is 11.5 Å². The van der Waals surface area contributed by atoms with E-state index in [0.29, 0.717) is 17.9 Å². The molecule has 1 aromatic carbocycles. The van der Waals surface area contributed by atoms with Gasteiger partial charge in [0.05, 0.1) is 11.2 Å². The first-order valence-corrected chi connectivity index (χ1v) is 13.5. The van der Waals surface area contributed by atoms with Gasteiger partial charge in [0.15, 0.2) is 0 Å². The SMILES string of the molecule is CS(=O)(=O)N1CCC2CC(C(=O)NO)N(S(=O)(=O)c3ccc(Oc4ccncc4)cc3)C2C1. The molecule has 13 heteroatoms. The second-order valence-corrected chi connectivity index (χ2v) is 11.9. The lowest BCUT2D eigenvalue weighted by molar-refractivity contribution is -0.132. The molecular weight excluding hydrogens is 472 g/mol. The molecule has 2 saturated heterocycles. The molecule has 3 unspecified atom stereocenters. The number of nitrogens with one attached hydrogen (secondary N) is 1. The number of pyridine rings is 1. The van der Waals surface area contributed by atoms with Gasteiger partial charge in [0, 0.05) is 31.5 Å². The molecule has 2 aromatic rings. The van der Waals surface area contributed by atoms with Crippen molar-refractivity contribution in [3.8, 4) is 11.5 Å². The molecule has 0 saturated carbocycles. The van der Waals surface area contributed by atoms with Crippen molar-refractivity contribution >= 4 is 26.0 Å². The molecule has 1 aromatic heterocycles. The second kappa shape index (κ2) is 8.99. The van der Waals surface area contributed by atoms with Crippen LogP contribution in [-0.2, 0) is 24.8 Å². The van der Waals surface area contributed by atoms with Crippen LogP contribution in [0.25, 0.3) is 0 Å². The molecule has 4 rings (SSSR count). The summed E-state index contributed by atoms with van der Waals surface area (Å²) in [5, 5.41) is 9.19. The number of hydrogen-bond acceptors (Lipinski definition) is 8. The minimum Gasteiger partial charge on any atom is -0.457 e. The molecule has 1 amide bonds. The summed E-state index contributed by atoms with van der Waals surface area (Å²) in [7, 11) is -7.73. The Labute approximate surface area is 192 Å². The highest BCUT2D eigenvalue weighted by molar-refractivity contribution is 7.89. The molecule has 3 heterocycles. The van der Waals surface area contributed by atoms with Crippen LogP contribution in [0.15, 0.2) is 53.7 Å². The number of rotatable bonds is 6. The predicted octanol–water partition coefficient (Wildman–Crippen LogP) is 0.792. The van der Waals surface area contributed by atoms with Crippen LogP contribution < -0.4 is 10.2 Å². The highest BCUT2D eigenvalue weighted by Gasteiger charge is 2.53.